The van der Waals surface area contributed by atoms with Gasteiger partial charge < -0.3 is 15.4 Å². The summed E-state index contributed by atoms with van der Waals surface area (Å²) in [6.07, 6.45) is 5.86. The predicted molar refractivity (Wildman–Crippen MR) is 167 cm³/mol. The molecule has 0 saturated heterocycles. The van der Waals surface area contributed by atoms with Gasteiger partial charge in [0.05, 0.1) is 23.8 Å². The minimum Gasteiger partial charge on any atom is -0.438 e. The van der Waals surface area contributed by atoms with Crippen molar-refractivity contribution in [3.8, 4) is 17.3 Å². The van der Waals surface area contributed by atoms with Gasteiger partial charge >= 0.3 is 6.03 Å². The molecule has 1 aliphatic rings. The molecule has 220 valence electrons. The van der Waals surface area contributed by atoms with E-state index in [4.69, 9.17) is 9.84 Å². The lowest BCUT2D eigenvalue weighted by Crippen LogP contribution is -2.21. The lowest BCUT2D eigenvalue weighted by molar-refractivity contribution is 0.262. The Morgan fingerprint density at radius 2 is 1.72 bits per heavy atom. The van der Waals surface area contributed by atoms with Crippen LogP contribution in [0.5, 0.6) is 11.6 Å². The third-order valence-electron chi connectivity index (χ3n) is 7.15. The Balaban J connectivity index is 1.24. The number of carbonyl (C=O) groups is 1. The fourth-order valence-electron chi connectivity index (χ4n) is 4.61. The van der Waals surface area contributed by atoms with E-state index in [2.05, 4.69) is 56.7 Å². The van der Waals surface area contributed by atoms with Crippen LogP contribution in [0.4, 0.5) is 22.2 Å². The summed E-state index contributed by atoms with van der Waals surface area (Å²) < 4.78 is 7.90. The summed E-state index contributed by atoms with van der Waals surface area (Å²) in [6.45, 7) is 10.8. The van der Waals surface area contributed by atoms with Crippen molar-refractivity contribution < 1.29 is 9.53 Å². The van der Waals surface area contributed by atoms with Gasteiger partial charge in [-0.05, 0) is 44.7 Å². The summed E-state index contributed by atoms with van der Waals surface area (Å²) in [5, 5.41) is 15.7. The van der Waals surface area contributed by atoms with Gasteiger partial charge in [-0.25, -0.2) is 24.4 Å². The first-order chi connectivity index (χ1) is 20.6. The first-order valence-electron chi connectivity index (χ1n) is 14.4. The highest BCUT2D eigenvalue weighted by Gasteiger charge is 2.23. The summed E-state index contributed by atoms with van der Waals surface area (Å²) >= 11 is 0. The molecule has 0 atom stereocenters. The molecule has 1 saturated carbocycles. The zero-order chi connectivity index (χ0) is 30.1. The molecule has 2 amide bonds. The molecule has 11 heteroatoms. The molecule has 3 aromatic heterocycles. The topological polar surface area (TPSA) is 132 Å². The highest BCUT2D eigenvalue weighted by Crippen LogP contribution is 2.35. The zero-order valence-corrected chi connectivity index (χ0v) is 25.0. The van der Waals surface area contributed by atoms with Crippen LogP contribution in [0, 0.1) is 19.8 Å². The van der Waals surface area contributed by atoms with E-state index in [1.807, 2.05) is 62.4 Å². The maximum absolute atomic E-state index is 13.3. The van der Waals surface area contributed by atoms with E-state index in [0.717, 1.165) is 28.7 Å². The second-order valence-electron chi connectivity index (χ2n) is 11.9. The monoisotopic (exact) mass is 577 g/mol. The molecule has 3 heterocycles. The average Bonchev–Trinajstić information content (AvgIpc) is 3.70. The number of ether oxygens (including phenoxy) is 1. The Morgan fingerprint density at radius 1 is 0.977 bits per heavy atom. The van der Waals surface area contributed by atoms with Crippen molar-refractivity contribution in [2.24, 2.45) is 5.92 Å². The maximum Gasteiger partial charge on any atom is 0.324 e. The summed E-state index contributed by atoms with van der Waals surface area (Å²) in [5.74, 6) is 3.50. The van der Waals surface area contributed by atoms with Crippen LogP contribution in [0.1, 0.15) is 50.8 Å². The minimum absolute atomic E-state index is 0.230. The van der Waals surface area contributed by atoms with Crippen molar-refractivity contribution in [1.82, 2.24) is 29.7 Å². The lowest BCUT2D eigenvalue weighted by atomic mass is 9.92. The molecule has 2 aromatic carbocycles. The van der Waals surface area contributed by atoms with Crippen LogP contribution in [0.25, 0.3) is 16.5 Å². The molecule has 0 spiro atoms. The number of anilines is 3. The molecule has 0 bridgehead atoms. The van der Waals surface area contributed by atoms with Crippen molar-refractivity contribution in [2.45, 2.75) is 52.9 Å². The Bertz CT molecular complexity index is 1790. The third kappa shape index (κ3) is 6.56. The zero-order valence-electron chi connectivity index (χ0n) is 25.0. The minimum atomic E-state index is -0.411. The van der Waals surface area contributed by atoms with Crippen LogP contribution in [0.2, 0.25) is 0 Å². The molecule has 0 aliphatic heterocycles. The quantitative estimate of drug-likeness (QED) is 0.184. The van der Waals surface area contributed by atoms with E-state index in [9.17, 15) is 4.79 Å². The molecule has 0 radical (unpaired) electrons. The number of hydrogen-bond donors (Lipinski definition) is 3. The molecule has 5 aromatic rings. The smallest absolute Gasteiger partial charge is 0.324 e. The molecular weight excluding hydrogens is 542 g/mol. The summed E-state index contributed by atoms with van der Waals surface area (Å²) in [4.78, 5) is 31.0. The van der Waals surface area contributed by atoms with E-state index in [0.29, 0.717) is 46.5 Å². The first kappa shape index (κ1) is 28.1. The standard InChI is InChI=1S/C32H35N9O2/c1-19-14-29(39-30(36-19)35-16-21-10-11-21)43-26-13-12-25(23-8-6-7-9-24(23)26)37-31(42)38-28-15-27(32(3,4)5)40-41(28)22-17-33-20(2)34-18-22/h6-9,12-15,17-18,21H,10-11,16H2,1-5H3,(H,35,36,39)(H2,37,38,42). The molecular formula is C32H35N9O2. The van der Waals surface area contributed by atoms with Crippen LogP contribution in [0.15, 0.2) is 60.9 Å². The number of benzene rings is 2. The van der Waals surface area contributed by atoms with E-state index in [1.54, 1.807) is 17.1 Å². The summed E-state index contributed by atoms with van der Waals surface area (Å²) in [5.41, 5.74) is 2.68. The second kappa shape index (κ2) is 11.3. The van der Waals surface area contributed by atoms with E-state index in [1.165, 1.54) is 12.8 Å². The van der Waals surface area contributed by atoms with E-state index >= 15 is 0 Å². The molecule has 1 aliphatic carbocycles. The van der Waals surface area contributed by atoms with Gasteiger partial charge in [-0.2, -0.15) is 10.1 Å². The van der Waals surface area contributed by atoms with Gasteiger partial charge in [0.15, 0.2) is 0 Å². The number of amides is 2. The maximum atomic E-state index is 13.3. The van der Waals surface area contributed by atoms with Crippen molar-refractivity contribution in [1.29, 1.82) is 0 Å². The van der Waals surface area contributed by atoms with Crippen LogP contribution in [0.3, 0.4) is 0 Å². The molecule has 3 N–H and O–H groups in total. The Hall–Kier alpha value is -5.06. The number of carbonyl (C=O) groups excluding carboxylic acids is 1. The Morgan fingerprint density at radius 3 is 2.44 bits per heavy atom. The summed E-state index contributed by atoms with van der Waals surface area (Å²) in [6, 6.07) is 14.7. The summed E-state index contributed by atoms with van der Waals surface area (Å²) in [7, 11) is 0. The number of aromatic nitrogens is 6. The molecule has 1 fully saturated rings. The van der Waals surface area contributed by atoms with Crippen molar-refractivity contribution >= 4 is 34.3 Å². The van der Waals surface area contributed by atoms with Crippen LogP contribution < -0.4 is 20.7 Å². The first-order valence-corrected chi connectivity index (χ1v) is 14.4. The fourth-order valence-corrected chi connectivity index (χ4v) is 4.61. The van der Waals surface area contributed by atoms with E-state index < -0.39 is 6.03 Å². The Labute approximate surface area is 250 Å². The van der Waals surface area contributed by atoms with Gasteiger partial charge in [-0.15, -0.1) is 0 Å². The number of urea groups is 1. The van der Waals surface area contributed by atoms with Gasteiger partial charge in [-0.3, -0.25) is 5.32 Å². The van der Waals surface area contributed by atoms with Crippen molar-refractivity contribution in [3.63, 3.8) is 0 Å². The van der Waals surface area contributed by atoms with Gasteiger partial charge in [0, 0.05) is 40.6 Å². The molecule has 0 unspecified atom stereocenters. The number of fused-ring (bicyclic) bond motifs is 1. The van der Waals surface area contributed by atoms with Crippen LogP contribution in [-0.2, 0) is 5.41 Å². The highest BCUT2D eigenvalue weighted by atomic mass is 16.5. The average molecular weight is 578 g/mol. The Kier molecular flexibility index (Phi) is 7.39. The van der Waals surface area contributed by atoms with Crippen molar-refractivity contribution in [2.75, 3.05) is 22.5 Å². The van der Waals surface area contributed by atoms with Gasteiger partial charge in [0.2, 0.25) is 11.8 Å². The van der Waals surface area contributed by atoms with Gasteiger partial charge in [-0.1, -0.05) is 45.0 Å². The normalized spacial score (nSPS) is 13.1. The molecule has 11 nitrogen and oxygen atoms in total. The van der Waals surface area contributed by atoms with Crippen LogP contribution in [-0.4, -0.2) is 42.3 Å². The van der Waals surface area contributed by atoms with Gasteiger partial charge in [0.25, 0.3) is 0 Å². The number of aryl methyl sites for hydroxylation is 2. The third-order valence-corrected chi connectivity index (χ3v) is 7.15. The SMILES string of the molecule is Cc1cc(Oc2ccc(NC(=O)Nc3cc(C(C)(C)C)nn3-c3cnc(C)nc3)c3ccccc23)nc(NCC2CC2)n1. The van der Waals surface area contributed by atoms with E-state index in [-0.39, 0.29) is 5.41 Å². The predicted octanol–water partition coefficient (Wildman–Crippen LogP) is 6.78. The number of nitrogens with zero attached hydrogens (tertiary/aromatic N) is 6. The highest BCUT2D eigenvalue weighted by molar-refractivity contribution is 6.07. The number of rotatable bonds is 8. The second-order valence-corrected chi connectivity index (χ2v) is 11.9. The molecule has 43 heavy (non-hydrogen) atoms. The lowest BCUT2D eigenvalue weighted by Gasteiger charge is -2.14. The van der Waals surface area contributed by atoms with Crippen LogP contribution >= 0.6 is 0 Å². The number of hydrogen-bond acceptors (Lipinski definition) is 8. The molecule has 6 rings (SSSR count). The largest absolute Gasteiger partial charge is 0.438 e. The number of nitrogens with one attached hydrogen (secondary N) is 3. The fraction of sp³-hybridized carbons (Fsp3) is 0.312. The van der Waals surface area contributed by atoms with Gasteiger partial charge in [0.1, 0.15) is 23.1 Å². The van der Waals surface area contributed by atoms with Crippen molar-refractivity contribution in [3.05, 3.63) is 78.1 Å².